The van der Waals surface area contributed by atoms with E-state index in [4.69, 9.17) is 9.47 Å². The molecular formula is C20H26N2O6. The molecule has 8 nitrogen and oxygen atoms in total. The second kappa shape index (κ2) is 11.0. The first-order valence-corrected chi connectivity index (χ1v) is 9.18. The van der Waals surface area contributed by atoms with Crippen LogP contribution in [0.1, 0.15) is 42.5 Å². The molecule has 1 aromatic rings. The molecule has 152 valence electrons. The van der Waals surface area contributed by atoms with E-state index in [1.54, 1.807) is 0 Å². The lowest BCUT2D eigenvalue weighted by atomic mass is 9.97. The summed E-state index contributed by atoms with van der Waals surface area (Å²) in [6, 6.07) is 3.88. The van der Waals surface area contributed by atoms with Crippen LogP contribution in [0.2, 0.25) is 0 Å². The Kier molecular flexibility index (Phi) is 8.33. The predicted molar refractivity (Wildman–Crippen MR) is 103 cm³/mol. The largest absolute Gasteiger partial charge is 0.493 e. The number of carbonyl (C=O) groups is 3. The molecule has 0 aliphatic heterocycles. The third kappa shape index (κ3) is 6.61. The van der Waals surface area contributed by atoms with Gasteiger partial charge in [-0.1, -0.05) is 11.6 Å². The summed E-state index contributed by atoms with van der Waals surface area (Å²) in [5.74, 6) is -0.549. The van der Waals surface area contributed by atoms with Gasteiger partial charge in [-0.2, -0.15) is 0 Å². The zero-order valence-electron chi connectivity index (χ0n) is 16.2. The van der Waals surface area contributed by atoms with Crippen molar-refractivity contribution in [1.82, 2.24) is 10.6 Å². The Morgan fingerprint density at radius 1 is 1.11 bits per heavy atom. The number of esters is 1. The maximum atomic E-state index is 11.9. The number of hydrogen-bond donors (Lipinski definition) is 2. The quantitative estimate of drug-likeness (QED) is 0.522. The van der Waals surface area contributed by atoms with Gasteiger partial charge in [0.15, 0.2) is 18.1 Å². The Labute approximate surface area is 164 Å². The first-order chi connectivity index (χ1) is 13.5. The van der Waals surface area contributed by atoms with Crippen LogP contribution in [0, 0.1) is 0 Å². The lowest BCUT2D eigenvalue weighted by Gasteiger charge is -2.13. The fourth-order valence-electron chi connectivity index (χ4n) is 2.85. The van der Waals surface area contributed by atoms with Gasteiger partial charge < -0.3 is 19.5 Å². The van der Waals surface area contributed by atoms with Crippen molar-refractivity contribution in [2.45, 2.75) is 32.1 Å². The Bertz CT molecular complexity index is 744. The molecule has 0 heterocycles. The van der Waals surface area contributed by atoms with Crippen molar-refractivity contribution < 1.29 is 28.6 Å². The van der Waals surface area contributed by atoms with E-state index < -0.39 is 17.9 Å². The van der Waals surface area contributed by atoms with Crippen molar-refractivity contribution in [1.29, 1.82) is 0 Å². The number of urea groups is 1. The normalized spacial score (nSPS) is 13.1. The minimum atomic E-state index is -0.589. The first kappa shape index (κ1) is 21.3. The van der Waals surface area contributed by atoms with Crippen LogP contribution in [0.15, 0.2) is 29.8 Å². The third-order valence-electron chi connectivity index (χ3n) is 4.31. The molecule has 28 heavy (non-hydrogen) atoms. The SMILES string of the molecule is COC(=O)c1ccc(OCC(=O)NC(=O)NCCC2=CCCCC2)c(OC)c1. The summed E-state index contributed by atoms with van der Waals surface area (Å²) in [4.78, 5) is 35.2. The van der Waals surface area contributed by atoms with E-state index in [9.17, 15) is 14.4 Å². The van der Waals surface area contributed by atoms with Gasteiger partial charge >= 0.3 is 12.0 Å². The highest BCUT2D eigenvalue weighted by Crippen LogP contribution is 2.28. The van der Waals surface area contributed by atoms with Gasteiger partial charge in [-0.3, -0.25) is 10.1 Å². The predicted octanol–water partition coefficient (Wildman–Crippen LogP) is 2.58. The molecule has 1 aliphatic carbocycles. The zero-order valence-corrected chi connectivity index (χ0v) is 16.2. The number of allylic oxidation sites excluding steroid dienone is 1. The summed E-state index contributed by atoms with van der Waals surface area (Å²) < 4.78 is 15.2. The van der Waals surface area contributed by atoms with Crippen LogP contribution in [0.25, 0.3) is 0 Å². The monoisotopic (exact) mass is 390 g/mol. The maximum Gasteiger partial charge on any atom is 0.337 e. The first-order valence-electron chi connectivity index (χ1n) is 9.18. The van der Waals surface area contributed by atoms with Gasteiger partial charge in [-0.05, 0) is 50.3 Å². The van der Waals surface area contributed by atoms with Gasteiger partial charge in [0.25, 0.3) is 5.91 Å². The standard InChI is InChI=1S/C20H26N2O6/c1-26-17-12-15(19(24)27-2)8-9-16(17)28-13-18(23)22-20(25)21-11-10-14-6-4-3-5-7-14/h6,8-9,12H,3-5,7,10-11,13H2,1-2H3,(H2,21,22,23,25). The summed E-state index contributed by atoms with van der Waals surface area (Å²) in [5.41, 5.74) is 1.65. The molecule has 0 saturated heterocycles. The maximum absolute atomic E-state index is 11.9. The number of benzene rings is 1. The fourth-order valence-corrected chi connectivity index (χ4v) is 2.85. The van der Waals surface area contributed by atoms with Crippen LogP contribution in [0.4, 0.5) is 4.79 Å². The second-order valence-electron chi connectivity index (χ2n) is 6.31. The summed E-state index contributed by atoms with van der Waals surface area (Å²) in [5, 5.41) is 4.88. The molecule has 1 aromatic carbocycles. The van der Waals surface area contributed by atoms with Crippen molar-refractivity contribution in [3.63, 3.8) is 0 Å². The van der Waals surface area contributed by atoms with Crippen LogP contribution in [-0.4, -0.2) is 45.3 Å². The number of ether oxygens (including phenoxy) is 3. The molecule has 0 unspecified atom stereocenters. The van der Waals surface area contributed by atoms with Gasteiger partial charge in [-0.25, -0.2) is 9.59 Å². The second-order valence-corrected chi connectivity index (χ2v) is 6.31. The lowest BCUT2D eigenvalue weighted by molar-refractivity contribution is -0.122. The van der Waals surface area contributed by atoms with Crippen molar-refractivity contribution in [2.75, 3.05) is 27.4 Å². The van der Waals surface area contributed by atoms with Gasteiger partial charge in [0.1, 0.15) is 0 Å². The number of amides is 3. The number of rotatable bonds is 8. The number of carbonyl (C=O) groups excluding carboxylic acids is 3. The highest BCUT2D eigenvalue weighted by Gasteiger charge is 2.14. The molecule has 0 spiro atoms. The minimum Gasteiger partial charge on any atom is -0.493 e. The number of imide groups is 1. The van der Waals surface area contributed by atoms with Crippen molar-refractivity contribution in [2.24, 2.45) is 0 Å². The van der Waals surface area contributed by atoms with Gasteiger partial charge in [0.05, 0.1) is 19.8 Å². The summed E-state index contributed by atoms with van der Waals surface area (Å²) in [6.07, 6.45) is 7.61. The topological polar surface area (TPSA) is 103 Å². The van der Waals surface area contributed by atoms with E-state index in [1.165, 1.54) is 50.8 Å². The highest BCUT2D eigenvalue weighted by molar-refractivity contribution is 5.95. The Morgan fingerprint density at radius 3 is 2.61 bits per heavy atom. The third-order valence-corrected chi connectivity index (χ3v) is 4.31. The molecule has 0 bridgehead atoms. The smallest absolute Gasteiger partial charge is 0.337 e. The number of nitrogens with one attached hydrogen (secondary N) is 2. The van der Waals surface area contributed by atoms with Crippen LogP contribution in [-0.2, 0) is 9.53 Å². The molecule has 0 atom stereocenters. The van der Waals surface area contributed by atoms with Crippen molar-refractivity contribution >= 4 is 17.9 Å². The molecule has 0 fully saturated rings. The van der Waals surface area contributed by atoms with E-state index >= 15 is 0 Å². The van der Waals surface area contributed by atoms with E-state index in [-0.39, 0.29) is 18.1 Å². The Balaban J connectivity index is 1.76. The van der Waals surface area contributed by atoms with E-state index in [0.29, 0.717) is 12.1 Å². The minimum absolute atomic E-state index is 0.273. The van der Waals surface area contributed by atoms with Crippen molar-refractivity contribution in [3.8, 4) is 11.5 Å². The Morgan fingerprint density at radius 2 is 1.93 bits per heavy atom. The van der Waals surface area contributed by atoms with Crippen LogP contribution >= 0.6 is 0 Å². The molecule has 0 aromatic heterocycles. The highest BCUT2D eigenvalue weighted by atomic mass is 16.5. The van der Waals surface area contributed by atoms with E-state index in [2.05, 4.69) is 21.4 Å². The molecule has 8 heteroatoms. The van der Waals surface area contributed by atoms with E-state index in [1.807, 2.05) is 0 Å². The van der Waals surface area contributed by atoms with Gasteiger partial charge in [-0.15, -0.1) is 0 Å². The Hall–Kier alpha value is -3.03. The molecule has 2 N–H and O–H groups in total. The average molecular weight is 390 g/mol. The molecule has 2 rings (SSSR count). The molecule has 0 saturated carbocycles. The molecule has 0 radical (unpaired) electrons. The molecule has 3 amide bonds. The van der Waals surface area contributed by atoms with Crippen LogP contribution in [0.3, 0.4) is 0 Å². The van der Waals surface area contributed by atoms with Crippen LogP contribution in [0.5, 0.6) is 11.5 Å². The van der Waals surface area contributed by atoms with Gasteiger partial charge in [0.2, 0.25) is 0 Å². The fraction of sp³-hybridized carbons (Fsp3) is 0.450. The van der Waals surface area contributed by atoms with E-state index in [0.717, 1.165) is 19.3 Å². The molecular weight excluding hydrogens is 364 g/mol. The summed E-state index contributed by atoms with van der Waals surface area (Å²) in [7, 11) is 2.69. The number of hydrogen-bond acceptors (Lipinski definition) is 6. The summed E-state index contributed by atoms with van der Waals surface area (Å²) in [6.45, 7) is 0.112. The molecule has 1 aliphatic rings. The van der Waals surface area contributed by atoms with Crippen molar-refractivity contribution in [3.05, 3.63) is 35.4 Å². The number of methoxy groups -OCH3 is 2. The lowest BCUT2D eigenvalue weighted by Crippen LogP contribution is -2.42. The summed E-state index contributed by atoms with van der Waals surface area (Å²) >= 11 is 0. The average Bonchev–Trinajstić information content (AvgIpc) is 2.72. The van der Waals surface area contributed by atoms with Crippen LogP contribution < -0.4 is 20.1 Å². The van der Waals surface area contributed by atoms with Gasteiger partial charge in [0, 0.05) is 6.54 Å². The zero-order chi connectivity index (χ0) is 20.4.